The zero-order valence-corrected chi connectivity index (χ0v) is 9.80. The molecule has 1 aliphatic heterocycles. The van der Waals surface area contributed by atoms with Gasteiger partial charge in [-0.05, 0) is 16.7 Å². The predicted molar refractivity (Wildman–Crippen MR) is 69.0 cm³/mol. The normalized spacial score (nSPS) is 28.1. The third-order valence-corrected chi connectivity index (χ3v) is 3.80. The van der Waals surface area contributed by atoms with Crippen molar-refractivity contribution in [3.63, 3.8) is 0 Å². The Kier molecular flexibility index (Phi) is 1.97. The third kappa shape index (κ3) is 1.24. The summed E-state index contributed by atoms with van der Waals surface area (Å²) in [5, 5.41) is 0. The van der Waals surface area contributed by atoms with Crippen molar-refractivity contribution in [3.05, 3.63) is 65.3 Å². The van der Waals surface area contributed by atoms with Gasteiger partial charge in [-0.25, -0.2) is 0 Å². The molecule has 1 heterocycles. The van der Waals surface area contributed by atoms with Crippen LogP contribution < -0.4 is 0 Å². The van der Waals surface area contributed by atoms with E-state index in [2.05, 4.69) is 12.1 Å². The number of ketones is 1. The van der Waals surface area contributed by atoms with Crippen LogP contribution in [0.1, 0.15) is 11.1 Å². The van der Waals surface area contributed by atoms with Crippen LogP contribution in [0.4, 0.5) is 0 Å². The number of ether oxygens (including phenoxy) is 1. The van der Waals surface area contributed by atoms with Crippen LogP contribution >= 0.6 is 0 Å². The molecule has 0 fully saturated rings. The fourth-order valence-corrected chi connectivity index (χ4v) is 3.00. The summed E-state index contributed by atoms with van der Waals surface area (Å²) in [5.74, 6) is 0.174. The third-order valence-electron chi connectivity index (χ3n) is 3.80. The largest absolute Gasteiger partial charge is 0.354 e. The fraction of sp³-hybridized carbons (Fsp3) is 0.188. The number of hydrogen-bond acceptors (Lipinski definition) is 2. The first-order chi connectivity index (χ1) is 8.84. The van der Waals surface area contributed by atoms with Crippen LogP contribution in [0.5, 0.6) is 0 Å². The molecular formula is C16H12O2. The van der Waals surface area contributed by atoms with Crippen molar-refractivity contribution < 1.29 is 9.53 Å². The number of hydrogen-bond donors (Lipinski definition) is 0. The Balaban J connectivity index is 1.99. The van der Waals surface area contributed by atoms with Crippen molar-refractivity contribution >= 4 is 11.4 Å². The first-order valence-corrected chi connectivity index (χ1v) is 6.20. The van der Waals surface area contributed by atoms with Gasteiger partial charge in [-0.3, -0.25) is 4.79 Å². The van der Waals surface area contributed by atoms with Crippen molar-refractivity contribution in [1.82, 2.24) is 0 Å². The van der Waals surface area contributed by atoms with E-state index in [9.17, 15) is 4.79 Å². The van der Waals surface area contributed by atoms with Gasteiger partial charge >= 0.3 is 0 Å². The molecule has 4 rings (SSSR count). The summed E-state index contributed by atoms with van der Waals surface area (Å²) in [6, 6.07) is 8.14. The Morgan fingerprint density at radius 3 is 3.00 bits per heavy atom. The highest BCUT2D eigenvalue weighted by Crippen LogP contribution is 2.42. The average Bonchev–Trinajstić information content (AvgIpc) is 2.79. The maximum atomic E-state index is 12.2. The minimum atomic E-state index is -0.368. The van der Waals surface area contributed by atoms with Crippen molar-refractivity contribution in [2.24, 2.45) is 0 Å². The predicted octanol–water partition coefficient (Wildman–Crippen LogP) is 2.46. The second-order valence-corrected chi connectivity index (χ2v) is 4.85. The SMILES string of the molecule is O=C1Cc2ccccc2C2=C3C=CC=CC3OC12. The smallest absolute Gasteiger partial charge is 0.170 e. The zero-order chi connectivity index (χ0) is 12.1. The minimum Gasteiger partial charge on any atom is -0.354 e. The maximum Gasteiger partial charge on any atom is 0.170 e. The zero-order valence-electron chi connectivity index (χ0n) is 9.80. The van der Waals surface area contributed by atoms with Crippen molar-refractivity contribution in [1.29, 1.82) is 0 Å². The molecule has 2 heteroatoms. The molecule has 2 aliphatic carbocycles. The molecule has 0 saturated heterocycles. The highest BCUT2D eigenvalue weighted by atomic mass is 16.5. The molecular weight excluding hydrogens is 224 g/mol. The van der Waals surface area contributed by atoms with Gasteiger partial charge in [0.2, 0.25) is 0 Å². The summed E-state index contributed by atoms with van der Waals surface area (Å²) < 4.78 is 5.88. The van der Waals surface area contributed by atoms with Crippen LogP contribution in [0.15, 0.2) is 54.1 Å². The summed E-state index contributed by atoms with van der Waals surface area (Å²) in [7, 11) is 0. The Labute approximate surface area is 105 Å². The molecule has 1 aromatic carbocycles. The van der Waals surface area contributed by atoms with Crippen LogP contribution in [0.25, 0.3) is 5.57 Å². The Morgan fingerprint density at radius 2 is 2.06 bits per heavy atom. The Hall–Kier alpha value is -1.93. The first-order valence-electron chi connectivity index (χ1n) is 6.20. The molecule has 0 saturated carbocycles. The van der Waals surface area contributed by atoms with E-state index < -0.39 is 0 Å². The van der Waals surface area contributed by atoms with Gasteiger partial charge in [-0.1, -0.05) is 48.6 Å². The van der Waals surface area contributed by atoms with Gasteiger partial charge in [0.25, 0.3) is 0 Å². The lowest BCUT2D eigenvalue weighted by Crippen LogP contribution is -2.29. The van der Waals surface area contributed by atoms with Crippen LogP contribution in [0.2, 0.25) is 0 Å². The van der Waals surface area contributed by atoms with E-state index in [0.717, 1.165) is 16.7 Å². The molecule has 2 nitrogen and oxygen atoms in total. The molecule has 2 unspecified atom stereocenters. The van der Waals surface area contributed by atoms with E-state index in [0.29, 0.717) is 6.42 Å². The molecule has 0 spiro atoms. The van der Waals surface area contributed by atoms with Gasteiger partial charge in [0, 0.05) is 12.0 Å². The molecule has 0 N–H and O–H groups in total. The number of fused-ring (bicyclic) bond motifs is 4. The summed E-state index contributed by atoms with van der Waals surface area (Å²) in [6.45, 7) is 0. The maximum absolute atomic E-state index is 12.2. The van der Waals surface area contributed by atoms with Crippen molar-refractivity contribution in [2.75, 3.05) is 0 Å². The average molecular weight is 236 g/mol. The molecule has 0 bridgehead atoms. The number of carbonyl (C=O) groups is 1. The first kappa shape index (κ1) is 10.0. The van der Waals surface area contributed by atoms with E-state index in [1.54, 1.807) is 0 Å². The highest BCUT2D eigenvalue weighted by molar-refractivity contribution is 6.04. The van der Waals surface area contributed by atoms with Gasteiger partial charge in [0.05, 0.1) is 0 Å². The summed E-state index contributed by atoms with van der Waals surface area (Å²) >= 11 is 0. The summed E-state index contributed by atoms with van der Waals surface area (Å²) in [4.78, 5) is 12.2. The molecule has 88 valence electrons. The van der Waals surface area contributed by atoms with Crippen molar-refractivity contribution in [3.8, 4) is 0 Å². The Morgan fingerprint density at radius 1 is 1.17 bits per heavy atom. The lowest BCUT2D eigenvalue weighted by Gasteiger charge is -2.22. The molecule has 0 aromatic heterocycles. The molecule has 0 radical (unpaired) electrons. The molecule has 1 aromatic rings. The Bertz CT molecular complexity index is 634. The molecule has 0 amide bonds. The van der Waals surface area contributed by atoms with Crippen LogP contribution in [0.3, 0.4) is 0 Å². The van der Waals surface area contributed by atoms with Crippen molar-refractivity contribution in [2.45, 2.75) is 18.6 Å². The topological polar surface area (TPSA) is 26.3 Å². The molecule has 18 heavy (non-hydrogen) atoms. The van der Waals surface area contributed by atoms with Gasteiger partial charge in [0.15, 0.2) is 5.78 Å². The van der Waals surface area contributed by atoms with Gasteiger partial charge < -0.3 is 4.74 Å². The number of Topliss-reactive ketones (excluding diaryl/α,β-unsaturated/α-hetero) is 1. The summed E-state index contributed by atoms with van der Waals surface area (Å²) in [5.41, 5.74) is 4.52. The monoisotopic (exact) mass is 236 g/mol. The second-order valence-electron chi connectivity index (χ2n) is 4.85. The van der Waals surface area contributed by atoms with Crippen LogP contribution in [-0.4, -0.2) is 18.0 Å². The van der Waals surface area contributed by atoms with E-state index in [4.69, 9.17) is 4.74 Å². The van der Waals surface area contributed by atoms with E-state index in [1.165, 1.54) is 5.56 Å². The highest BCUT2D eigenvalue weighted by Gasteiger charge is 2.41. The van der Waals surface area contributed by atoms with E-state index >= 15 is 0 Å². The lowest BCUT2D eigenvalue weighted by atomic mass is 9.82. The second kappa shape index (κ2) is 3.53. The van der Waals surface area contributed by atoms with Gasteiger partial charge in [0.1, 0.15) is 12.2 Å². The van der Waals surface area contributed by atoms with Crippen LogP contribution in [-0.2, 0) is 16.0 Å². The number of rotatable bonds is 0. The fourth-order valence-electron chi connectivity index (χ4n) is 3.00. The van der Waals surface area contributed by atoms with Gasteiger partial charge in [-0.15, -0.1) is 0 Å². The number of benzene rings is 1. The minimum absolute atomic E-state index is 0.0508. The molecule has 3 aliphatic rings. The standard InChI is InChI=1S/C16H12O2/c17-13-9-10-5-1-2-6-11(10)15-12-7-3-4-8-14(12)18-16(13)15/h1-8,14,16H,9H2. The number of allylic oxidation sites excluding steroid dienone is 2. The molecule has 2 atom stereocenters. The van der Waals surface area contributed by atoms with Crippen LogP contribution in [0, 0.1) is 0 Å². The van der Waals surface area contributed by atoms with E-state index in [-0.39, 0.29) is 18.0 Å². The number of carbonyl (C=O) groups excluding carboxylic acids is 1. The van der Waals surface area contributed by atoms with E-state index in [1.807, 2.05) is 36.4 Å². The summed E-state index contributed by atoms with van der Waals surface area (Å²) in [6.07, 6.45) is 8.12. The van der Waals surface area contributed by atoms with Gasteiger partial charge in [-0.2, -0.15) is 0 Å². The lowest BCUT2D eigenvalue weighted by molar-refractivity contribution is -0.126. The quantitative estimate of drug-likeness (QED) is 0.691.